The number of hydrogen-bond donors (Lipinski definition) is 1. The molecule has 0 aliphatic carbocycles. The Hall–Kier alpha value is -4.47. The topological polar surface area (TPSA) is 101 Å². The van der Waals surface area contributed by atoms with Gasteiger partial charge in [-0.1, -0.05) is 35.0 Å². The number of rotatable bonds is 14. The highest BCUT2D eigenvalue weighted by Gasteiger charge is 2.08. The standard InChI is InChI=1S/C31H32N4O5/c1-23-7-12-30-28(19-23)29(36)20-31(40-30)24-8-10-27(11-9-24)39-18-17-38-16-15-37-14-13-35-22-26(33-34-35)21-32-25-5-3-2-4-6-25/h2-12,19-20,22,32H,13-18,21H2,1H3. The highest BCUT2D eigenvalue weighted by molar-refractivity contribution is 5.79. The number of fused-ring (bicyclic) bond motifs is 1. The van der Waals surface area contributed by atoms with Crippen LogP contribution in [0.25, 0.3) is 22.3 Å². The summed E-state index contributed by atoms with van der Waals surface area (Å²) in [6.45, 7) is 5.56. The highest BCUT2D eigenvalue weighted by Crippen LogP contribution is 2.24. The van der Waals surface area contributed by atoms with Gasteiger partial charge in [-0.25, -0.2) is 4.68 Å². The molecule has 9 heteroatoms. The van der Waals surface area contributed by atoms with Crippen molar-refractivity contribution >= 4 is 16.7 Å². The van der Waals surface area contributed by atoms with Crippen molar-refractivity contribution in [3.05, 3.63) is 107 Å². The summed E-state index contributed by atoms with van der Waals surface area (Å²) in [5.74, 6) is 1.24. The molecule has 5 rings (SSSR count). The minimum Gasteiger partial charge on any atom is -0.491 e. The van der Waals surface area contributed by atoms with E-state index in [1.54, 1.807) is 4.68 Å². The van der Waals surface area contributed by atoms with E-state index in [2.05, 4.69) is 15.6 Å². The first-order valence-electron chi connectivity index (χ1n) is 13.3. The Morgan fingerprint density at radius 2 is 1.65 bits per heavy atom. The number of anilines is 1. The van der Waals surface area contributed by atoms with Gasteiger partial charge >= 0.3 is 0 Å². The minimum atomic E-state index is -0.0546. The van der Waals surface area contributed by atoms with Crippen LogP contribution in [0.1, 0.15) is 11.3 Å². The Labute approximate surface area is 232 Å². The maximum absolute atomic E-state index is 12.5. The molecule has 0 amide bonds. The van der Waals surface area contributed by atoms with E-state index in [4.69, 9.17) is 18.6 Å². The average molecular weight is 541 g/mol. The van der Waals surface area contributed by atoms with Gasteiger partial charge in [0.2, 0.25) is 0 Å². The average Bonchev–Trinajstić information content (AvgIpc) is 3.44. The molecule has 2 heterocycles. The molecule has 40 heavy (non-hydrogen) atoms. The van der Waals surface area contributed by atoms with E-state index in [9.17, 15) is 4.79 Å². The van der Waals surface area contributed by atoms with Gasteiger partial charge in [0.1, 0.15) is 29.4 Å². The quantitative estimate of drug-likeness (QED) is 0.195. The molecular weight excluding hydrogens is 508 g/mol. The Morgan fingerprint density at radius 3 is 2.48 bits per heavy atom. The molecular formula is C31H32N4O5. The van der Waals surface area contributed by atoms with Crippen molar-refractivity contribution in [2.24, 2.45) is 0 Å². The third kappa shape index (κ3) is 7.56. The Kier molecular flexibility index (Phi) is 9.18. The molecule has 0 saturated heterocycles. The van der Waals surface area contributed by atoms with Gasteiger partial charge in [-0.2, -0.15) is 0 Å². The van der Waals surface area contributed by atoms with Gasteiger partial charge in [0, 0.05) is 17.3 Å². The van der Waals surface area contributed by atoms with E-state index in [0.717, 1.165) is 22.5 Å². The molecule has 206 valence electrons. The molecule has 1 N–H and O–H groups in total. The van der Waals surface area contributed by atoms with Gasteiger partial charge in [-0.3, -0.25) is 4.79 Å². The van der Waals surface area contributed by atoms with Crippen molar-refractivity contribution < 1.29 is 18.6 Å². The molecule has 0 spiro atoms. The summed E-state index contributed by atoms with van der Waals surface area (Å²) in [6, 6.07) is 24.6. The zero-order chi connectivity index (χ0) is 27.6. The van der Waals surface area contributed by atoms with Crippen LogP contribution in [-0.2, 0) is 22.6 Å². The number of aryl methyl sites for hydroxylation is 1. The molecule has 0 aliphatic rings. The fraction of sp³-hybridized carbons (Fsp3) is 0.258. The van der Waals surface area contributed by atoms with Crippen LogP contribution in [0.3, 0.4) is 0 Å². The second-order valence-corrected chi connectivity index (χ2v) is 9.26. The molecule has 0 radical (unpaired) electrons. The normalized spacial score (nSPS) is 11.1. The first kappa shape index (κ1) is 27.1. The lowest BCUT2D eigenvalue weighted by Gasteiger charge is -2.09. The number of hydrogen-bond acceptors (Lipinski definition) is 8. The highest BCUT2D eigenvalue weighted by atomic mass is 16.5. The monoisotopic (exact) mass is 540 g/mol. The molecule has 0 atom stereocenters. The van der Waals surface area contributed by atoms with Gasteiger partial charge in [-0.05, 0) is 55.5 Å². The lowest BCUT2D eigenvalue weighted by molar-refractivity contribution is 0.0333. The Balaban J connectivity index is 0.946. The van der Waals surface area contributed by atoms with E-state index in [1.165, 1.54) is 6.07 Å². The van der Waals surface area contributed by atoms with Crippen LogP contribution < -0.4 is 15.5 Å². The summed E-state index contributed by atoms with van der Waals surface area (Å²) < 4.78 is 24.7. The first-order valence-corrected chi connectivity index (χ1v) is 13.3. The number of para-hydroxylation sites is 1. The van der Waals surface area contributed by atoms with Crippen molar-refractivity contribution in [2.75, 3.05) is 38.4 Å². The largest absolute Gasteiger partial charge is 0.491 e. The first-order chi connectivity index (χ1) is 19.6. The minimum absolute atomic E-state index is 0.0546. The third-order valence-corrected chi connectivity index (χ3v) is 6.19. The summed E-state index contributed by atoms with van der Waals surface area (Å²) in [5, 5.41) is 12.2. The summed E-state index contributed by atoms with van der Waals surface area (Å²) in [4.78, 5) is 12.5. The molecule has 5 aromatic rings. The van der Waals surface area contributed by atoms with Gasteiger partial charge in [0.15, 0.2) is 5.43 Å². The van der Waals surface area contributed by atoms with Crippen LogP contribution in [0.2, 0.25) is 0 Å². The number of nitrogens with one attached hydrogen (secondary N) is 1. The molecule has 3 aromatic carbocycles. The second-order valence-electron chi connectivity index (χ2n) is 9.26. The number of nitrogens with zero attached hydrogens (tertiary/aromatic N) is 3. The van der Waals surface area contributed by atoms with E-state index < -0.39 is 0 Å². The van der Waals surface area contributed by atoms with E-state index in [0.29, 0.717) is 68.6 Å². The third-order valence-electron chi connectivity index (χ3n) is 6.19. The zero-order valence-electron chi connectivity index (χ0n) is 22.4. The van der Waals surface area contributed by atoms with E-state index in [-0.39, 0.29) is 5.43 Å². The maximum Gasteiger partial charge on any atom is 0.193 e. The Bertz CT molecular complexity index is 1560. The van der Waals surface area contributed by atoms with Crippen molar-refractivity contribution in [3.8, 4) is 17.1 Å². The van der Waals surface area contributed by atoms with Crippen molar-refractivity contribution in [3.63, 3.8) is 0 Å². The van der Waals surface area contributed by atoms with Crippen molar-refractivity contribution in [2.45, 2.75) is 20.0 Å². The zero-order valence-corrected chi connectivity index (χ0v) is 22.4. The molecule has 2 aromatic heterocycles. The van der Waals surface area contributed by atoms with Crippen molar-refractivity contribution in [1.82, 2.24) is 15.0 Å². The van der Waals surface area contributed by atoms with Crippen LogP contribution in [0.4, 0.5) is 5.69 Å². The van der Waals surface area contributed by atoms with Gasteiger partial charge in [0.25, 0.3) is 0 Å². The fourth-order valence-corrected chi connectivity index (χ4v) is 4.10. The molecule has 0 aliphatic heterocycles. The molecule has 0 saturated carbocycles. The van der Waals surface area contributed by atoms with Crippen LogP contribution >= 0.6 is 0 Å². The summed E-state index contributed by atoms with van der Waals surface area (Å²) in [5.41, 5.74) is 4.28. The van der Waals surface area contributed by atoms with Crippen LogP contribution in [-0.4, -0.2) is 48.0 Å². The molecule has 0 unspecified atom stereocenters. The lowest BCUT2D eigenvalue weighted by Crippen LogP contribution is -2.13. The van der Waals surface area contributed by atoms with Gasteiger partial charge in [-0.15, -0.1) is 5.10 Å². The lowest BCUT2D eigenvalue weighted by atomic mass is 10.1. The number of benzene rings is 3. The summed E-state index contributed by atoms with van der Waals surface area (Å²) >= 11 is 0. The molecule has 0 bridgehead atoms. The van der Waals surface area contributed by atoms with E-state index in [1.807, 2.05) is 85.9 Å². The second kappa shape index (κ2) is 13.5. The maximum atomic E-state index is 12.5. The van der Waals surface area contributed by atoms with Crippen LogP contribution in [0.15, 0.2) is 94.3 Å². The smallest absolute Gasteiger partial charge is 0.193 e. The number of aromatic nitrogens is 3. The SMILES string of the molecule is Cc1ccc2oc(-c3ccc(OCCOCCOCCn4cc(CNc5ccccc5)nn4)cc3)cc(=O)c2c1. The predicted octanol–water partition coefficient (Wildman–Crippen LogP) is 5.08. The predicted molar refractivity (Wildman–Crippen MR) is 154 cm³/mol. The van der Waals surface area contributed by atoms with Crippen molar-refractivity contribution in [1.29, 1.82) is 0 Å². The van der Waals surface area contributed by atoms with Gasteiger partial charge in [0.05, 0.1) is 51.1 Å². The Morgan fingerprint density at radius 1 is 0.875 bits per heavy atom. The van der Waals surface area contributed by atoms with Gasteiger partial charge < -0.3 is 23.9 Å². The summed E-state index contributed by atoms with van der Waals surface area (Å²) in [6.07, 6.45) is 1.91. The van der Waals surface area contributed by atoms with Crippen LogP contribution in [0.5, 0.6) is 5.75 Å². The summed E-state index contributed by atoms with van der Waals surface area (Å²) in [7, 11) is 0. The molecule has 0 fully saturated rings. The van der Waals surface area contributed by atoms with Crippen LogP contribution in [0, 0.1) is 6.92 Å². The van der Waals surface area contributed by atoms with E-state index >= 15 is 0 Å². The fourth-order valence-electron chi connectivity index (χ4n) is 4.10. The number of ether oxygens (including phenoxy) is 3. The molecule has 9 nitrogen and oxygen atoms in total.